The van der Waals surface area contributed by atoms with Crippen LogP contribution in [-0.4, -0.2) is 32.6 Å². The molecule has 0 unspecified atom stereocenters. The van der Waals surface area contributed by atoms with Crippen LogP contribution >= 0.6 is 0 Å². The van der Waals surface area contributed by atoms with E-state index in [4.69, 9.17) is 10.00 Å². The normalized spacial score (nSPS) is 11.3. The van der Waals surface area contributed by atoms with Crippen LogP contribution in [0.4, 0.5) is 8.78 Å². The second-order valence-electron chi connectivity index (χ2n) is 5.89. The summed E-state index contributed by atoms with van der Waals surface area (Å²) in [6, 6.07) is 8.48. The number of benzene rings is 1. The molecule has 3 aromatic rings. The van der Waals surface area contributed by atoms with Gasteiger partial charge in [0, 0.05) is 0 Å². The predicted molar refractivity (Wildman–Crippen MR) is 89.3 cm³/mol. The maximum absolute atomic E-state index is 12.4. The zero-order valence-electron chi connectivity index (χ0n) is 14.0. The monoisotopic (exact) mass is 359 g/mol. The van der Waals surface area contributed by atoms with Crippen molar-refractivity contribution in [3.63, 3.8) is 0 Å². The van der Waals surface area contributed by atoms with Gasteiger partial charge in [0.05, 0.1) is 22.9 Å². The van der Waals surface area contributed by atoms with E-state index in [-0.39, 0.29) is 17.6 Å². The summed E-state index contributed by atoms with van der Waals surface area (Å²) in [4.78, 5) is 18.7. The summed E-state index contributed by atoms with van der Waals surface area (Å²) in [6.45, 7) is 2.95. The van der Waals surface area contributed by atoms with Crippen LogP contribution in [0.15, 0.2) is 29.1 Å². The van der Waals surface area contributed by atoms with Gasteiger partial charge in [-0.05, 0) is 23.6 Å². The number of nitrogens with zero attached hydrogens (tertiary/aromatic N) is 4. The molecule has 0 spiro atoms. The van der Waals surface area contributed by atoms with E-state index in [1.165, 1.54) is 0 Å². The van der Waals surface area contributed by atoms with Crippen molar-refractivity contribution in [2.24, 2.45) is 0 Å². The number of ether oxygens (including phenoxy) is 1. The molecule has 0 fully saturated rings. The number of H-pyrrole nitrogens is 1. The SMILES string of the molecule is CC(C)c1nn2c(=O)[nH]c(OCC(F)F)nc2c1-c1ccc(C#N)cc1. The van der Waals surface area contributed by atoms with Gasteiger partial charge in [-0.2, -0.15) is 19.9 Å². The lowest BCUT2D eigenvalue weighted by atomic mass is 9.99. The van der Waals surface area contributed by atoms with E-state index in [1.807, 2.05) is 19.9 Å². The molecule has 3 rings (SSSR count). The highest BCUT2D eigenvalue weighted by atomic mass is 19.3. The number of aromatic amines is 1. The first-order chi connectivity index (χ1) is 12.4. The minimum absolute atomic E-state index is 0.0211. The first-order valence-electron chi connectivity index (χ1n) is 7.85. The summed E-state index contributed by atoms with van der Waals surface area (Å²) < 4.78 is 30.7. The summed E-state index contributed by atoms with van der Waals surface area (Å²) in [5, 5.41) is 13.3. The number of hydrogen-bond donors (Lipinski definition) is 1. The molecule has 0 bridgehead atoms. The first-order valence-corrected chi connectivity index (χ1v) is 7.85. The summed E-state index contributed by atoms with van der Waals surface area (Å²) in [7, 11) is 0. The molecule has 0 saturated carbocycles. The van der Waals surface area contributed by atoms with Crippen LogP contribution < -0.4 is 10.4 Å². The number of nitrogens with one attached hydrogen (secondary N) is 1. The van der Waals surface area contributed by atoms with Crippen LogP contribution in [0.1, 0.15) is 31.0 Å². The number of aromatic nitrogens is 4. The number of fused-ring (bicyclic) bond motifs is 1. The van der Waals surface area contributed by atoms with Gasteiger partial charge >= 0.3 is 5.69 Å². The molecule has 0 saturated heterocycles. The molecular weight excluding hydrogens is 344 g/mol. The highest BCUT2D eigenvalue weighted by Gasteiger charge is 2.21. The van der Waals surface area contributed by atoms with E-state index in [0.717, 1.165) is 4.52 Å². The van der Waals surface area contributed by atoms with Crippen LogP contribution in [0.3, 0.4) is 0 Å². The molecule has 0 aliphatic rings. The van der Waals surface area contributed by atoms with Crippen LogP contribution in [-0.2, 0) is 0 Å². The zero-order valence-corrected chi connectivity index (χ0v) is 14.0. The lowest BCUT2D eigenvalue weighted by molar-refractivity contribution is 0.0768. The molecule has 9 heteroatoms. The highest BCUT2D eigenvalue weighted by Crippen LogP contribution is 2.31. The van der Waals surface area contributed by atoms with Gasteiger partial charge in [-0.1, -0.05) is 26.0 Å². The second kappa shape index (κ2) is 6.92. The maximum atomic E-state index is 12.4. The standard InChI is InChI=1S/C17H15F2N5O2/c1-9(2)14-13(11-5-3-10(7-20)4-6-11)15-21-16(26-8-12(18)19)22-17(25)24(15)23-14/h3-6,9,12H,8H2,1-2H3,(H,21,22,25). The van der Waals surface area contributed by atoms with E-state index >= 15 is 0 Å². The molecule has 1 N–H and O–H groups in total. The molecule has 0 aliphatic carbocycles. The zero-order chi connectivity index (χ0) is 18.8. The van der Waals surface area contributed by atoms with E-state index in [1.54, 1.807) is 24.3 Å². The van der Waals surface area contributed by atoms with Crippen molar-refractivity contribution < 1.29 is 13.5 Å². The van der Waals surface area contributed by atoms with Gasteiger partial charge in [0.25, 0.3) is 12.4 Å². The van der Waals surface area contributed by atoms with Crippen molar-refractivity contribution in [2.75, 3.05) is 6.61 Å². The number of rotatable bonds is 5. The third-order valence-electron chi connectivity index (χ3n) is 3.70. The van der Waals surface area contributed by atoms with Crippen molar-refractivity contribution in [3.05, 3.63) is 46.0 Å². The number of halogens is 2. The quantitative estimate of drug-likeness (QED) is 0.756. The lowest BCUT2D eigenvalue weighted by Gasteiger charge is -2.07. The number of alkyl halides is 2. The Bertz CT molecular complexity index is 1030. The molecule has 0 amide bonds. The molecule has 26 heavy (non-hydrogen) atoms. The summed E-state index contributed by atoms with van der Waals surface area (Å²) >= 11 is 0. The Morgan fingerprint density at radius 1 is 1.31 bits per heavy atom. The molecule has 0 atom stereocenters. The van der Waals surface area contributed by atoms with Gasteiger partial charge in [0.2, 0.25) is 0 Å². The fourth-order valence-corrected chi connectivity index (χ4v) is 2.54. The molecule has 0 aliphatic heterocycles. The van der Waals surface area contributed by atoms with E-state index in [0.29, 0.717) is 22.4 Å². The Morgan fingerprint density at radius 2 is 2.00 bits per heavy atom. The third kappa shape index (κ3) is 3.26. The van der Waals surface area contributed by atoms with Gasteiger partial charge in [-0.3, -0.25) is 4.98 Å². The Labute approximate surface area is 146 Å². The van der Waals surface area contributed by atoms with Crippen molar-refractivity contribution in [2.45, 2.75) is 26.2 Å². The minimum atomic E-state index is -2.69. The molecule has 2 heterocycles. The van der Waals surface area contributed by atoms with E-state index in [9.17, 15) is 13.6 Å². The van der Waals surface area contributed by atoms with Crippen molar-refractivity contribution in [1.82, 2.24) is 19.6 Å². The first kappa shape index (κ1) is 17.5. The Kier molecular flexibility index (Phi) is 4.67. The van der Waals surface area contributed by atoms with Gasteiger partial charge in [0.1, 0.15) is 0 Å². The third-order valence-corrected chi connectivity index (χ3v) is 3.70. The van der Waals surface area contributed by atoms with Crippen molar-refractivity contribution in [3.8, 4) is 23.2 Å². The summed E-state index contributed by atoms with van der Waals surface area (Å²) in [5.74, 6) is -0.0211. The fourth-order valence-electron chi connectivity index (χ4n) is 2.54. The van der Waals surface area contributed by atoms with Crippen LogP contribution in [0.2, 0.25) is 0 Å². The largest absolute Gasteiger partial charge is 0.459 e. The molecule has 134 valence electrons. The Hall–Kier alpha value is -3.28. The van der Waals surface area contributed by atoms with Crippen molar-refractivity contribution >= 4 is 5.65 Å². The minimum Gasteiger partial charge on any atom is -0.459 e. The Balaban J connectivity index is 2.22. The van der Waals surface area contributed by atoms with Gasteiger partial charge < -0.3 is 4.74 Å². The molecule has 2 aromatic heterocycles. The Morgan fingerprint density at radius 3 is 2.58 bits per heavy atom. The van der Waals surface area contributed by atoms with Crippen molar-refractivity contribution in [1.29, 1.82) is 5.26 Å². The molecule has 1 aromatic carbocycles. The number of hydrogen-bond acceptors (Lipinski definition) is 5. The predicted octanol–water partition coefficient (Wildman–Crippen LogP) is 2.72. The maximum Gasteiger partial charge on any atom is 0.352 e. The molecule has 7 nitrogen and oxygen atoms in total. The van der Waals surface area contributed by atoms with Gasteiger partial charge in [0.15, 0.2) is 12.3 Å². The average Bonchev–Trinajstić information content (AvgIpc) is 3.00. The van der Waals surface area contributed by atoms with Crippen LogP contribution in [0, 0.1) is 11.3 Å². The highest BCUT2D eigenvalue weighted by molar-refractivity contribution is 5.80. The van der Waals surface area contributed by atoms with Crippen LogP contribution in [0.25, 0.3) is 16.8 Å². The van der Waals surface area contributed by atoms with E-state index in [2.05, 4.69) is 15.1 Å². The topological polar surface area (TPSA) is 96.1 Å². The van der Waals surface area contributed by atoms with Gasteiger partial charge in [-0.15, -0.1) is 0 Å². The smallest absolute Gasteiger partial charge is 0.352 e. The molecule has 0 radical (unpaired) electrons. The second-order valence-corrected chi connectivity index (χ2v) is 5.89. The van der Waals surface area contributed by atoms with Crippen LogP contribution in [0.5, 0.6) is 6.01 Å². The van der Waals surface area contributed by atoms with E-state index < -0.39 is 18.7 Å². The number of nitriles is 1. The average molecular weight is 359 g/mol. The molecular formula is C17H15F2N5O2. The summed E-state index contributed by atoms with van der Waals surface area (Å²) in [6.07, 6.45) is -2.69. The summed E-state index contributed by atoms with van der Waals surface area (Å²) in [5.41, 5.74) is 1.98. The lowest BCUT2D eigenvalue weighted by Crippen LogP contribution is -2.21. The van der Waals surface area contributed by atoms with Gasteiger partial charge in [-0.25, -0.2) is 13.6 Å². The fraction of sp³-hybridized carbons (Fsp3) is 0.294.